The minimum atomic E-state index is -0.821. The quantitative estimate of drug-likeness (QED) is 0.456. The third-order valence-electron chi connectivity index (χ3n) is 3.86. The Kier molecular flexibility index (Phi) is 6.07. The summed E-state index contributed by atoms with van der Waals surface area (Å²) >= 11 is 0. The van der Waals surface area contributed by atoms with E-state index in [1.54, 1.807) is 43.3 Å². The molecule has 0 unspecified atom stereocenters. The number of carbonyl (C=O) groups is 1. The molecule has 11 nitrogen and oxygen atoms in total. The van der Waals surface area contributed by atoms with Crippen molar-refractivity contribution in [1.82, 2.24) is 9.97 Å². The number of carbonyl (C=O) groups excluding carboxylic acids is 1. The normalized spacial score (nSPS) is 13.6. The number of nitrogens with zero attached hydrogens (tertiary/aromatic N) is 4. The van der Waals surface area contributed by atoms with Gasteiger partial charge in [-0.1, -0.05) is 12.1 Å². The molecule has 0 saturated carbocycles. The first-order valence-corrected chi connectivity index (χ1v) is 8.75. The molecule has 0 radical (unpaired) electrons. The highest BCUT2D eigenvalue weighted by atomic mass is 16.6. The fraction of sp³-hybridized carbons (Fsp3) is 0.278. The van der Waals surface area contributed by atoms with Gasteiger partial charge in [-0.25, -0.2) is 4.79 Å². The fourth-order valence-corrected chi connectivity index (χ4v) is 2.61. The topological polar surface area (TPSA) is 143 Å². The van der Waals surface area contributed by atoms with E-state index in [2.05, 4.69) is 9.97 Å². The molecule has 0 aliphatic carbocycles. The summed E-state index contributed by atoms with van der Waals surface area (Å²) in [6.07, 6.45) is 2.61. The van der Waals surface area contributed by atoms with Gasteiger partial charge in [0, 0.05) is 0 Å². The Balaban J connectivity index is 2.16. The lowest BCUT2D eigenvalue weighted by molar-refractivity contribution is -0.383. The maximum Gasteiger partial charge on any atom is 0.415 e. The summed E-state index contributed by atoms with van der Waals surface area (Å²) in [7, 11) is 0. The molecule has 3 rings (SSSR count). The summed E-state index contributed by atoms with van der Waals surface area (Å²) in [5, 5.41) is 11.6. The van der Waals surface area contributed by atoms with Crippen LogP contribution in [0.3, 0.4) is 0 Å². The third kappa shape index (κ3) is 4.69. The molecule has 152 valence electrons. The number of benzene rings is 1. The van der Waals surface area contributed by atoms with Crippen molar-refractivity contribution in [1.29, 1.82) is 0 Å². The van der Waals surface area contributed by atoms with Crippen LogP contribution in [0.2, 0.25) is 0 Å². The van der Waals surface area contributed by atoms with Gasteiger partial charge in [0.25, 0.3) is 0 Å². The molecule has 0 atom stereocenters. The maximum absolute atomic E-state index is 12.6. The average Bonchev–Trinajstić information content (AvgIpc) is 2.68. The van der Waals surface area contributed by atoms with Crippen molar-refractivity contribution in [3.8, 4) is 11.8 Å². The van der Waals surface area contributed by atoms with Crippen LogP contribution in [0.5, 0.6) is 11.8 Å². The predicted molar refractivity (Wildman–Crippen MR) is 103 cm³/mol. The van der Waals surface area contributed by atoms with Crippen LogP contribution >= 0.6 is 0 Å². The number of hydrogen-bond acceptors (Lipinski definition) is 9. The Morgan fingerprint density at radius 1 is 1.31 bits per heavy atom. The van der Waals surface area contributed by atoms with Crippen LogP contribution in [-0.4, -0.2) is 40.8 Å². The molecular weight excluding hydrogens is 382 g/mol. The summed E-state index contributed by atoms with van der Waals surface area (Å²) in [6.45, 7) is 2.02. The fourth-order valence-electron chi connectivity index (χ4n) is 2.61. The van der Waals surface area contributed by atoms with E-state index in [0.29, 0.717) is 17.9 Å². The number of ether oxygens (including phenoxy) is 3. The minimum Gasteiger partial charge on any atom is -0.490 e. The molecule has 2 aromatic rings. The van der Waals surface area contributed by atoms with E-state index in [1.807, 2.05) is 0 Å². The predicted octanol–water partition coefficient (Wildman–Crippen LogP) is 2.46. The van der Waals surface area contributed by atoms with Crippen LogP contribution in [-0.2, 0) is 11.3 Å². The van der Waals surface area contributed by atoms with Crippen molar-refractivity contribution in [3.63, 3.8) is 0 Å². The zero-order valence-corrected chi connectivity index (χ0v) is 15.6. The Morgan fingerprint density at radius 2 is 2.07 bits per heavy atom. The van der Waals surface area contributed by atoms with E-state index in [1.165, 1.54) is 0 Å². The Labute approximate surface area is 165 Å². The maximum atomic E-state index is 12.6. The van der Waals surface area contributed by atoms with Crippen LogP contribution in [0.1, 0.15) is 12.5 Å². The Morgan fingerprint density at radius 3 is 2.79 bits per heavy atom. The van der Waals surface area contributed by atoms with Crippen LogP contribution in [0.15, 0.2) is 36.4 Å². The van der Waals surface area contributed by atoms with Crippen molar-refractivity contribution in [2.24, 2.45) is 0 Å². The van der Waals surface area contributed by atoms with Crippen molar-refractivity contribution in [2.45, 2.75) is 13.5 Å². The number of nitrogens with two attached hydrogens (primary N) is 1. The molecule has 1 amide bonds. The molecule has 2 heterocycles. The third-order valence-corrected chi connectivity index (χ3v) is 3.86. The molecule has 11 heteroatoms. The van der Waals surface area contributed by atoms with Crippen LogP contribution in [0, 0.1) is 10.1 Å². The number of hydrogen-bond donors (Lipinski definition) is 1. The molecular formula is C18H19N5O6. The zero-order valence-electron chi connectivity index (χ0n) is 15.6. The molecule has 0 fully saturated rings. The Bertz CT molecular complexity index is 948. The second-order valence-corrected chi connectivity index (χ2v) is 5.85. The van der Waals surface area contributed by atoms with Gasteiger partial charge in [-0.2, -0.15) is 9.97 Å². The van der Waals surface area contributed by atoms with E-state index in [0.717, 1.165) is 4.90 Å². The number of nitrogen functional groups attached to an aromatic ring is 1. The lowest BCUT2D eigenvalue weighted by atomic mass is 10.2. The van der Waals surface area contributed by atoms with Crippen molar-refractivity contribution < 1.29 is 23.9 Å². The first-order valence-electron chi connectivity index (χ1n) is 8.75. The van der Waals surface area contributed by atoms with Gasteiger partial charge in [0.05, 0.1) is 18.1 Å². The lowest BCUT2D eigenvalue weighted by Crippen LogP contribution is -2.33. The molecule has 4 bridgehead atoms. The number of nitro groups is 1. The van der Waals surface area contributed by atoms with E-state index in [4.69, 9.17) is 19.9 Å². The number of fused-ring (bicyclic) bond motifs is 4. The van der Waals surface area contributed by atoms with E-state index >= 15 is 0 Å². The van der Waals surface area contributed by atoms with Gasteiger partial charge in [-0.05, 0) is 36.8 Å². The number of aromatic nitrogens is 2. The van der Waals surface area contributed by atoms with Crippen molar-refractivity contribution in [3.05, 3.63) is 52.1 Å². The van der Waals surface area contributed by atoms with E-state index in [-0.39, 0.29) is 31.6 Å². The first kappa shape index (κ1) is 19.9. The van der Waals surface area contributed by atoms with E-state index < -0.39 is 22.5 Å². The highest BCUT2D eigenvalue weighted by Crippen LogP contribution is 2.34. The highest BCUT2D eigenvalue weighted by molar-refractivity contribution is 5.90. The summed E-state index contributed by atoms with van der Waals surface area (Å²) in [6, 6.07) is 6.78. The molecule has 0 spiro atoms. The van der Waals surface area contributed by atoms with E-state index in [9.17, 15) is 14.9 Å². The largest absolute Gasteiger partial charge is 0.490 e. The average molecular weight is 401 g/mol. The monoisotopic (exact) mass is 401 g/mol. The van der Waals surface area contributed by atoms with Crippen LogP contribution in [0.25, 0.3) is 0 Å². The Hall–Kier alpha value is -3.89. The number of anilines is 2. The first-order chi connectivity index (χ1) is 14.0. The molecule has 1 aromatic heterocycles. The summed E-state index contributed by atoms with van der Waals surface area (Å²) < 4.78 is 16.1. The van der Waals surface area contributed by atoms with Crippen molar-refractivity contribution in [2.75, 3.05) is 30.5 Å². The molecule has 1 aliphatic rings. The summed E-state index contributed by atoms with van der Waals surface area (Å²) in [5.41, 5.74) is 5.81. The molecule has 1 aromatic carbocycles. The van der Waals surface area contributed by atoms with Crippen molar-refractivity contribution >= 4 is 23.4 Å². The molecule has 29 heavy (non-hydrogen) atoms. The molecule has 0 saturated heterocycles. The lowest BCUT2D eigenvalue weighted by Gasteiger charge is -2.22. The van der Waals surface area contributed by atoms with Gasteiger partial charge in [0.2, 0.25) is 11.6 Å². The summed E-state index contributed by atoms with van der Waals surface area (Å²) in [4.78, 5) is 32.4. The highest BCUT2D eigenvalue weighted by Gasteiger charge is 2.32. The standard InChI is InChI=1S/C18H19N5O6/c1-2-27-18(24)22-11-12-6-5-7-13(10-12)28-8-3-4-9-29-17-20-15(19)14(23(25)26)16(22)21-17/h3-7,10H,2,8-9,11H2,1H3,(H2,19,20,21). The minimum absolute atomic E-state index is 0.0669. The van der Waals surface area contributed by atoms with Crippen LogP contribution < -0.4 is 20.1 Å². The molecule has 2 N–H and O–H groups in total. The smallest absolute Gasteiger partial charge is 0.415 e. The van der Waals surface area contributed by atoms with Gasteiger partial charge in [-0.15, -0.1) is 0 Å². The summed E-state index contributed by atoms with van der Waals surface area (Å²) in [5.74, 6) is -0.160. The SMILES string of the molecule is CCOC(=O)N1Cc2cccc(c2)OCC=CCOc2nc(N)c([N+](=O)[O-])c1n2. The van der Waals surface area contributed by atoms with Gasteiger partial charge in [0.15, 0.2) is 0 Å². The number of rotatable bonds is 2. The zero-order chi connectivity index (χ0) is 20.8. The second-order valence-electron chi connectivity index (χ2n) is 5.85. The van der Waals surface area contributed by atoms with Gasteiger partial charge >= 0.3 is 17.8 Å². The van der Waals surface area contributed by atoms with Gasteiger partial charge in [0.1, 0.15) is 19.0 Å². The van der Waals surface area contributed by atoms with Gasteiger partial charge in [-0.3, -0.25) is 15.0 Å². The van der Waals surface area contributed by atoms with Gasteiger partial charge < -0.3 is 19.9 Å². The molecule has 1 aliphatic heterocycles. The number of amides is 1. The second kappa shape index (κ2) is 8.87. The van der Waals surface area contributed by atoms with Crippen LogP contribution in [0.4, 0.5) is 22.1 Å².